The molecule has 1 aliphatic rings. The number of aromatic amines is 1. The lowest BCUT2D eigenvalue weighted by molar-refractivity contribution is 0.0965. The fourth-order valence-electron chi connectivity index (χ4n) is 2.72. The first kappa shape index (κ1) is 10.3. The van der Waals surface area contributed by atoms with E-state index < -0.39 is 0 Å². The number of carbonyl (C=O) groups is 1. The molecule has 2 aromatic heterocycles. The summed E-state index contributed by atoms with van der Waals surface area (Å²) < 4.78 is 1.54. The number of H-pyrrole nitrogens is 1. The third-order valence-corrected chi connectivity index (χ3v) is 3.55. The van der Waals surface area contributed by atoms with Crippen molar-refractivity contribution in [3.63, 3.8) is 0 Å². The van der Waals surface area contributed by atoms with Gasteiger partial charge in [0.15, 0.2) is 5.43 Å². The molecule has 0 saturated heterocycles. The molecule has 0 amide bonds. The second kappa shape index (κ2) is 3.23. The maximum Gasteiger partial charge on any atom is 0.279 e. The summed E-state index contributed by atoms with van der Waals surface area (Å²) >= 11 is 0. The molecule has 1 aliphatic heterocycles. The molecule has 0 unspecified atom stereocenters. The maximum absolute atomic E-state index is 12.6. The lowest BCUT2D eigenvalue weighted by Gasteiger charge is -2.01. The van der Waals surface area contributed by atoms with Crippen molar-refractivity contribution >= 4 is 16.8 Å². The lowest BCUT2D eigenvalue weighted by atomic mass is 10.1. The minimum absolute atomic E-state index is 0.0884. The van der Waals surface area contributed by atoms with Gasteiger partial charge in [0.2, 0.25) is 0 Å². The van der Waals surface area contributed by atoms with Gasteiger partial charge >= 0.3 is 0 Å². The average Bonchev–Trinajstić information content (AvgIpc) is 2.89. The lowest BCUT2D eigenvalue weighted by Crippen LogP contribution is -2.11. The van der Waals surface area contributed by atoms with Crippen LogP contribution in [0.2, 0.25) is 0 Å². The van der Waals surface area contributed by atoms with Crippen LogP contribution in [0.15, 0.2) is 41.3 Å². The number of hydrogen-bond donors (Lipinski definition) is 1. The first-order valence-corrected chi connectivity index (χ1v) is 6.06. The number of nitrogens with one attached hydrogen (secondary N) is 1. The van der Waals surface area contributed by atoms with Gasteiger partial charge in [-0.1, -0.05) is 12.1 Å². The third-order valence-electron chi connectivity index (χ3n) is 3.55. The Labute approximate surface area is 108 Å². The van der Waals surface area contributed by atoms with E-state index in [2.05, 4.69) is 4.98 Å². The molecule has 0 aliphatic carbocycles. The number of rotatable bonds is 0. The van der Waals surface area contributed by atoms with Gasteiger partial charge in [-0.05, 0) is 30.7 Å². The van der Waals surface area contributed by atoms with Crippen molar-refractivity contribution in [3.05, 3.63) is 58.0 Å². The number of aryl methyl sites for hydroxylation is 1. The van der Waals surface area contributed by atoms with Gasteiger partial charge in [-0.15, -0.1) is 0 Å². The molecule has 0 bridgehead atoms. The maximum atomic E-state index is 12.6. The largest absolute Gasteiger partial charge is 0.350 e. The quantitative estimate of drug-likeness (QED) is 0.520. The van der Waals surface area contributed by atoms with Crippen LogP contribution in [0.1, 0.15) is 16.1 Å². The highest BCUT2D eigenvalue weighted by atomic mass is 16.2. The van der Waals surface area contributed by atoms with Crippen molar-refractivity contribution in [1.82, 2.24) is 9.55 Å². The van der Waals surface area contributed by atoms with E-state index in [-0.39, 0.29) is 11.3 Å². The number of benzene rings is 1. The number of nitrogens with zero attached hydrogens (tertiary/aromatic N) is 1. The van der Waals surface area contributed by atoms with Crippen molar-refractivity contribution in [2.75, 3.05) is 0 Å². The van der Waals surface area contributed by atoms with Crippen LogP contribution in [0.4, 0.5) is 0 Å². The third kappa shape index (κ3) is 1.18. The predicted molar refractivity (Wildman–Crippen MR) is 72.5 cm³/mol. The second-order valence-electron chi connectivity index (χ2n) is 4.83. The van der Waals surface area contributed by atoms with Gasteiger partial charge < -0.3 is 4.98 Å². The van der Waals surface area contributed by atoms with Gasteiger partial charge in [-0.25, -0.2) is 0 Å². The van der Waals surface area contributed by atoms with Crippen molar-refractivity contribution in [2.24, 2.45) is 0 Å². The zero-order chi connectivity index (χ0) is 13.1. The van der Waals surface area contributed by atoms with Crippen LogP contribution in [0.25, 0.3) is 22.2 Å². The molecule has 0 atom stereocenters. The van der Waals surface area contributed by atoms with Gasteiger partial charge in [0.1, 0.15) is 5.69 Å². The summed E-state index contributed by atoms with van der Waals surface area (Å²) in [7, 11) is 0. The number of aromatic nitrogens is 2. The van der Waals surface area contributed by atoms with E-state index in [1.807, 2.05) is 31.2 Å². The van der Waals surface area contributed by atoms with E-state index in [4.69, 9.17) is 0 Å². The smallest absolute Gasteiger partial charge is 0.279 e. The molecule has 0 saturated carbocycles. The highest BCUT2D eigenvalue weighted by Gasteiger charge is 2.30. The summed E-state index contributed by atoms with van der Waals surface area (Å²) in [5.74, 6) is -0.166. The van der Waals surface area contributed by atoms with Crippen LogP contribution in [0.3, 0.4) is 0 Å². The van der Waals surface area contributed by atoms with Crippen LogP contribution in [-0.2, 0) is 0 Å². The fraction of sp³-hybridized carbons (Fsp3) is 0.0667. The van der Waals surface area contributed by atoms with E-state index >= 15 is 0 Å². The number of pyridine rings is 1. The molecule has 92 valence electrons. The monoisotopic (exact) mass is 250 g/mol. The van der Waals surface area contributed by atoms with Gasteiger partial charge in [-0.2, -0.15) is 0 Å². The van der Waals surface area contributed by atoms with E-state index in [0.717, 1.165) is 5.56 Å². The summed E-state index contributed by atoms with van der Waals surface area (Å²) in [6.07, 6.45) is 1.76. The Bertz CT molecular complexity index is 916. The Morgan fingerprint density at radius 1 is 1.16 bits per heavy atom. The van der Waals surface area contributed by atoms with E-state index in [9.17, 15) is 9.59 Å². The first-order chi connectivity index (χ1) is 9.16. The molecule has 1 N–H and O–H groups in total. The Morgan fingerprint density at radius 2 is 1.95 bits per heavy atom. The molecule has 0 spiro atoms. The Kier molecular flexibility index (Phi) is 1.75. The molecule has 4 heteroatoms. The average molecular weight is 250 g/mol. The number of fused-ring (bicyclic) bond motifs is 4. The second-order valence-corrected chi connectivity index (χ2v) is 4.83. The molecule has 3 aromatic rings. The molecule has 0 fully saturated rings. The first-order valence-electron chi connectivity index (χ1n) is 6.06. The number of hydrogen-bond acceptors (Lipinski definition) is 2. The topological polar surface area (TPSA) is 54.9 Å². The summed E-state index contributed by atoms with van der Waals surface area (Å²) in [5, 5.41) is 0.612. The van der Waals surface area contributed by atoms with Crippen LogP contribution >= 0.6 is 0 Å². The van der Waals surface area contributed by atoms with Crippen LogP contribution in [0, 0.1) is 6.92 Å². The fourth-order valence-corrected chi connectivity index (χ4v) is 2.72. The molecule has 0 radical (unpaired) electrons. The molecule has 4 nitrogen and oxygen atoms in total. The molecule has 3 heterocycles. The van der Waals surface area contributed by atoms with Crippen LogP contribution < -0.4 is 5.43 Å². The highest BCUT2D eigenvalue weighted by molar-refractivity contribution is 6.09. The molecule has 1 aromatic carbocycles. The molecule has 4 rings (SSSR count). The number of para-hydroxylation sites is 1. The van der Waals surface area contributed by atoms with E-state index in [0.29, 0.717) is 27.9 Å². The SMILES string of the molecule is Cc1cc2n(c1)C(=O)c1[nH]c3ccccc3c(=O)c1-2. The van der Waals surface area contributed by atoms with Crippen molar-refractivity contribution in [3.8, 4) is 11.3 Å². The van der Waals surface area contributed by atoms with Gasteiger partial charge in [0.25, 0.3) is 5.91 Å². The van der Waals surface area contributed by atoms with Crippen LogP contribution in [-0.4, -0.2) is 15.5 Å². The predicted octanol–water partition coefficient (Wildman–Crippen LogP) is 2.31. The standard InChI is InChI=1S/C15H10N2O2/c1-8-6-11-12-13(15(19)17(11)7-8)16-10-5-3-2-4-9(10)14(12)18/h2-7H,1H3,(H,16,18). The summed E-state index contributed by atoms with van der Waals surface area (Å²) in [6.45, 7) is 1.91. The summed E-state index contributed by atoms with van der Waals surface area (Å²) in [6, 6.07) is 9.12. The van der Waals surface area contributed by atoms with E-state index in [1.54, 1.807) is 12.3 Å². The Hall–Kier alpha value is -2.62. The summed E-state index contributed by atoms with van der Waals surface area (Å²) in [5.41, 5.74) is 3.14. The molecular formula is C15H10N2O2. The van der Waals surface area contributed by atoms with Crippen LogP contribution in [0.5, 0.6) is 0 Å². The van der Waals surface area contributed by atoms with Crippen molar-refractivity contribution in [2.45, 2.75) is 6.92 Å². The van der Waals surface area contributed by atoms with Crippen molar-refractivity contribution < 1.29 is 4.79 Å². The highest BCUT2D eigenvalue weighted by Crippen LogP contribution is 2.30. The minimum Gasteiger partial charge on any atom is -0.350 e. The Morgan fingerprint density at radius 3 is 2.79 bits per heavy atom. The van der Waals surface area contributed by atoms with Crippen molar-refractivity contribution in [1.29, 1.82) is 0 Å². The van der Waals surface area contributed by atoms with Gasteiger partial charge in [-0.3, -0.25) is 14.2 Å². The molecule has 19 heavy (non-hydrogen) atoms. The van der Waals surface area contributed by atoms with E-state index in [1.165, 1.54) is 4.57 Å². The zero-order valence-corrected chi connectivity index (χ0v) is 10.2. The normalized spacial score (nSPS) is 12.8. The molecular weight excluding hydrogens is 240 g/mol. The summed E-state index contributed by atoms with van der Waals surface area (Å²) in [4.78, 5) is 27.9. The zero-order valence-electron chi connectivity index (χ0n) is 10.2. The Balaban J connectivity index is 2.22. The van der Waals surface area contributed by atoms with Gasteiger partial charge in [0.05, 0.1) is 11.3 Å². The minimum atomic E-state index is -0.166. The number of carbonyl (C=O) groups excluding carboxylic acids is 1. The van der Waals surface area contributed by atoms with Gasteiger partial charge in [0, 0.05) is 17.1 Å².